The first-order valence-electron chi connectivity index (χ1n) is 8.43. The molecule has 0 bridgehead atoms. The number of nitrogens with two attached hydrogens (primary N) is 1. The Kier molecular flexibility index (Phi) is 4.57. The lowest BCUT2D eigenvalue weighted by Crippen LogP contribution is -2.40. The van der Waals surface area contributed by atoms with Crippen LogP contribution in [0.5, 0.6) is 0 Å². The fraction of sp³-hybridized carbons (Fsp3) is 0.500. The van der Waals surface area contributed by atoms with E-state index in [1.54, 1.807) is 18.3 Å². The topological polar surface area (TPSA) is 103 Å². The van der Waals surface area contributed by atoms with Crippen LogP contribution in [0, 0.1) is 0 Å². The van der Waals surface area contributed by atoms with Crippen LogP contribution < -0.4 is 15.5 Å². The molecule has 0 aromatic carbocycles. The number of nitrogens with zero attached hydrogens (tertiary/aromatic N) is 6. The second-order valence-electron chi connectivity index (χ2n) is 5.93. The summed E-state index contributed by atoms with van der Waals surface area (Å²) in [4.78, 5) is 22.6. The number of nitrogen functional groups attached to an aromatic ring is 1. The minimum absolute atomic E-state index is 0.533. The third-order valence-corrected chi connectivity index (χ3v) is 4.21. The van der Waals surface area contributed by atoms with E-state index in [4.69, 9.17) is 15.2 Å². The molecule has 0 spiro atoms. The molecule has 2 aromatic rings. The molecule has 0 radical (unpaired) electrons. The van der Waals surface area contributed by atoms with Gasteiger partial charge in [-0.1, -0.05) is 0 Å². The van der Waals surface area contributed by atoms with E-state index in [1.165, 1.54) is 0 Å². The van der Waals surface area contributed by atoms with Gasteiger partial charge in [-0.25, -0.2) is 0 Å². The Hall–Kier alpha value is -2.52. The number of morpholine rings is 2. The number of pyridine rings is 1. The summed E-state index contributed by atoms with van der Waals surface area (Å²) >= 11 is 0. The molecule has 25 heavy (non-hydrogen) atoms. The van der Waals surface area contributed by atoms with E-state index >= 15 is 0 Å². The highest BCUT2D eigenvalue weighted by Gasteiger charge is 2.21. The van der Waals surface area contributed by atoms with Gasteiger partial charge in [0.05, 0.1) is 26.4 Å². The van der Waals surface area contributed by atoms with Gasteiger partial charge in [0, 0.05) is 38.1 Å². The first kappa shape index (κ1) is 16.0. The smallest absolute Gasteiger partial charge is 0.230 e. The first-order chi connectivity index (χ1) is 12.3. The average Bonchev–Trinajstić information content (AvgIpc) is 2.69. The fourth-order valence-corrected chi connectivity index (χ4v) is 2.85. The zero-order valence-corrected chi connectivity index (χ0v) is 14.0. The van der Waals surface area contributed by atoms with Crippen LogP contribution in [0.1, 0.15) is 0 Å². The van der Waals surface area contributed by atoms with Crippen molar-refractivity contribution in [2.75, 3.05) is 68.1 Å². The normalized spacial score (nSPS) is 18.4. The molecule has 0 saturated carbocycles. The second-order valence-corrected chi connectivity index (χ2v) is 5.93. The van der Waals surface area contributed by atoms with Crippen LogP contribution in [0.3, 0.4) is 0 Å². The number of rotatable bonds is 3. The van der Waals surface area contributed by atoms with E-state index < -0.39 is 0 Å². The zero-order valence-electron chi connectivity index (χ0n) is 14.0. The summed E-state index contributed by atoms with van der Waals surface area (Å²) < 4.78 is 10.9. The Morgan fingerprint density at radius 1 is 0.840 bits per heavy atom. The van der Waals surface area contributed by atoms with Gasteiger partial charge in [-0.15, -0.1) is 0 Å². The van der Waals surface area contributed by atoms with Crippen LogP contribution in [0.25, 0.3) is 11.5 Å². The van der Waals surface area contributed by atoms with Crippen LogP contribution in [-0.4, -0.2) is 72.5 Å². The first-order valence-corrected chi connectivity index (χ1v) is 8.43. The van der Waals surface area contributed by atoms with Crippen LogP contribution in [0.2, 0.25) is 0 Å². The fourth-order valence-electron chi connectivity index (χ4n) is 2.85. The van der Waals surface area contributed by atoms with Crippen molar-refractivity contribution in [1.82, 2.24) is 19.9 Å². The summed E-state index contributed by atoms with van der Waals surface area (Å²) in [5, 5.41) is 0. The molecule has 2 N–H and O–H groups in total. The van der Waals surface area contributed by atoms with Gasteiger partial charge in [0.2, 0.25) is 11.9 Å². The van der Waals surface area contributed by atoms with Crippen molar-refractivity contribution < 1.29 is 9.47 Å². The molecule has 2 aliphatic rings. The summed E-state index contributed by atoms with van der Waals surface area (Å²) in [5.74, 6) is 1.84. The van der Waals surface area contributed by atoms with Gasteiger partial charge >= 0.3 is 0 Å². The lowest BCUT2D eigenvalue weighted by Gasteiger charge is -2.30. The minimum Gasteiger partial charge on any atom is -0.399 e. The predicted molar refractivity (Wildman–Crippen MR) is 93.5 cm³/mol. The highest BCUT2D eigenvalue weighted by molar-refractivity contribution is 5.59. The number of ether oxygens (including phenoxy) is 2. The maximum Gasteiger partial charge on any atom is 0.230 e. The van der Waals surface area contributed by atoms with E-state index in [9.17, 15) is 0 Å². The van der Waals surface area contributed by atoms with Crippen LogP contribution in [-0.2, 0) is 9.47 Å². The highest BCUT2D eigenvalue weighted by atomic mass is 16.5. The van der Waals surface area contributed by atoms with Crippen molar-refractivity contribution in [2.45, 2.75) is 0 Å². The van der Waals surface area contributed by atoms with Crippen molar-refractivity contribution in [2.24, 2.45) is 0 Å². The molecule has 9 nitrogen and oxygen atoms in total. The van der Waals surface area contributed by atoms with Crippen LogP contribution in [0.15, 0.2) is 18.3 Å². The van der Waals surface area contributed by atoms with Crippen molar-refractivity contribution >= 4 is 17.6 Å². The maximum atomic E-state index is 5.89. The maximum absolute atomic E-state index is 5.89. The van der Waals surface area contributed by atoms with Gasteiger partial charge in [-0.2, -0.15) is 15.0 Å². The minimum atomic E-state index is 0.533. The lowest BCUT2D eigenvalue weighted by atomic mass is 10.3. The Bertz CT molecular complexity index is 694. The Balaban J connectivity index is 1.73. The molecule has 0 aliphatic carbocycles. The van der Waals surface area contributed by atoms with E-state index in [-0.39, 0.29) is 0 Å². The van der Waals surface area contributed by atoms with Crippen molar-refractivity contribution in [1.29, 1.82) is 0 Å². The SMILES string of the molecule is Nc1ccnc(-c2nc(N3CCOCC3)nc(N3CCOCC3)n2)c1. The third kappa shape index (κ3) is 3.62. The molecular formula is C16H21N7O2. The molecular weight excluding hydrogens is 322 g/mol. The molecule has 2 saturated heterocycles. The molecule has 0 atom stereocenters. The summed E-state index contributed by atoms with van der Waals surface area (Å²) in [7, 11) is 0. The van der Waals surface area contributed by atoms with Gasteiger partial charge in [0.25, 0.3) is 0 Å². The van der Waals surface area contributed by atoms with E-state index in [0.29, 0.717) is 55.5 Å². The lowest BCUT2D eigenvalue weighted by molar-refractivity contribution is 0.121. The standard InChI is InChI=1S/C16H21N7O2/c17-12-1-2-18-13(11-12)14-19-15(22-3-7-24-8-4-22)21-16(20-14)23-5-9-25-10-6-23/h1-2,11H,3-10H2,(H2,17,18). The summed E-state index contributed by atoms with van der Waals surface area (Å²) in [5.41, 5.74) is 7.17. The summed E-state index contributed by atoms with van der Waals surface area (Å²) in [6.45, 7) is 5.73. The van der Waals surface area contributed by atoms with Gasteiger partial charge < -0.3 is 25.0 Å². The average molecular weight is 343 g/mol. The van der Waals surface area contributed by atoms with Gasteiger partial charge in [0.15, 0.2) is 5.82 Å². The number of aromatic nitrogens is 4. The summed E-state index contributed by atoms with van der Waals surface area (Å²) in [6.07, 6.45) is 1.66. The highest BCUT2D eigenvalue weighted by Crippen LogP contribution is 2.22. The van der Waals surface area contributed by atoms with Gasteiger partial charge in [0.1, 0.15) is 5.69 Å². The molecule has 0 amide bonds. The predicted octanol–water partition coefficient (Wildman–Crippen LogP) is 0.189. The van der Waals surface area contributed by atoms with Crippen LogP contribution in [0.4, 0.5) is 17.6 Å². The van der Waals surface area contributed by atoms with Gasteiger partial charge in [-0.3, -0.25) is 4.98 Å². The van der Waals surface area contributed by atoms with Crippen molar-refractivity contribution in [3.63, 3.8) is 0 Å². The molecule has 4 heterocycles. The van der Waals surface area contributed by atoms with Crippen LogP contribution >= 0.6 is 0 Å². The Labute approximate surface area is 145 Å². The monoisotopic (exact) mass is 343 g/mol. The zero-order chi connectivity index (χ0) is 17.1. The molecule has 9 heteroatoms. The number of hydrogen-bond donors (Lipinski definition) is 1. The second kappa shape index (κ2) is 7.16. The molecule has 132 valence electrons. The number of hydrogen-bond acceptors (Lipinski definition) is 9. The Morgan fingerprint density at radius 3 is 1.92 bits per heavy atom. The quantitative estimate of drug-likeness (QED) is 0.836. The van der Waals surface area contributed by atoms with Gasteiger partial charge in [-0.05, 0) is 12.1 Å². The molecule has 2 aromatic heterocycles. The molecule has 0 unspecified atom stereocenters. The number of anilines is 3. The molecule has 2 aliphatic heterocycles. The van der Waals surface area contributed by atoms with E-state index in [1.807, 2.05) is 0 Å². The third-order valence-electron chi connectivity index (χ3n) is 4.21. The molecule has 4 rings (SSSR count). The largest absolute Gasteiger partial charge is 0.399 e. The molecule has 2 fully saturated rings. The van der Waals surface area contributed by atoms with E-state index in [0.717, 1.165) is 26.2 Å². The van der Waals surface area contributed by atoms with Crippen molar-refractivity contribution in [3.8, 4) is 11.5 Å². The summed E-state index contributed by atoms with van der Waals surface area (Å²) in [6, 6.07) is 3.53. The van der Waals surface area contributed by atoms with Crippen molar-refractivity contribution in [3.05, 3.63) is 18.3 Å². The van der Waals surface area contributed by atoms with E-state index in [2.05, 4.69) is 29.7 Å². The Morgan fingerprint density at radius 2 is 1.40 bits per heavy atom.